The van der Waals surface area contributed by atoms with Gasteiger partial charge in [-0.2, -0.15) is 37.2 Å². The number of anilines is 2. The van der Waals surface area contributed by atoms with Gasteiger partial charge in [-0.25, -0.2) is 13.2 Å². The van der Waals surface area contributed by atoms with Crippen molar-refractivity contribution < 1.29 is 44.6 Å². The SMILES string of the molecule is N#Cc1c(N)sc2c(F)ccc(-c3c(C(F)(F)F)cc4c(N5CCOC(F)(F)C5)nc(OC[C@@]56CCCN5C[C@H](F)C6)nc4c3F)c12. The fourth-order valence-electron chi connectivity index (χ4n) is 6.97. The fourth-order valence-corrected chi connectivity index (χ4v) is 7.92. The lowest BCUT2D eigenvalue weighted by Gasteiger charge is -2.34. The van der Waals surface area contributed by atoms with Crippen LogP contribution >= 0.6 is 11.3 Å². The summed E-state index contributed by atoms with van der Waals surface area (Å²) < 4.78 is 129. The molecular weight excluding hydrogens is 660 g/mol. The van der Waals surface area contributed by atoms with Crippen LogP contribution in [0.15, 0.2) is 18.2 Å². The van der Waals surface area contributed by atoms with Crippen LogP contribution in [-0.4, -0.2) is 72.1 Å². The highest BCUT2D eigenvalue weighted by atomic mass is 32.1. The second kappa shape index (κ2) is 11.0. The number of aromatic nitrogens is 2. The Bertz CT molecular complexity index is 1960. The first-order valence-electron chi connectivity index (χ1n) is 14.5. The average Bonchev–Trinajstić information content (AvgIpc) is 3.64. The van der Waals surface area contributed by atoms with Gasteiger partial charge < -0.3 is 20.1 Å². The Balaban J connectivity index is 1.46. The zero-order valence-corrected chi connectivity index (χ0v) is 25.1. The monoisotopic (exact) mass is 684 g/mol. The number of thiophene rings is 1. The molecule has 3 saturated heterocycles. The normalized spacial score (nSPS) is 23.0. The minimum Gasteiger partial charge on any atom is -0.461 e. The average molecular weight is 685 g/mol. The molecule has 3 aliphatic rings. The standard InChI is InChI=1S/C30H24F8N6O2S/c31-14-9-28(4-1-5-44(28)11-14)13-45-27-41-23-16(26(42-27)43-6-7-46-29(34,35)12-43)8-18(30(36,37)38)21(22(23)33)15-2-3-19(32)24-20(15)17(10-39)25(40)47-24/h2-3,8,14H,1,4-7,9,11-13,40H2/t14-,28+/m1/s1. The molecule has 2 atom stereocenters. The molecule has 0 spiro atoms. The molecule has 17 heteroatoms. The van der Waals surface area contributed by atoms with Crippen molar-refractivity contribution in [3.8, 4) is 23.2 Å². The number of nitrogens with zero attached hydrogens (tertiary/aromatic N) is 5. The van der Waals surface area contributed by atoms with Crippen LogP contribution in [0.1, 0.15) is 30.4 Å². The van der Waals surface area contributed by atoms with Crippen molar-refractivity contribution in [1.82, 2.24) is 14.9 Å². The van der Waals surface area contributed by atoms with E-state index in [-0.39, 0.29) is 46.8 Å². The third kappa shape index (κ3) is 5.26. The number of fused-ring (bicyclic) bond motifs is 3. The van der Waals surface area contributed by atoms with E-state index in [0.717, 1.165) is 23.5 Å². The van der Waals surface area contributed by atoms with Crippen molar-refractivity contribution >= 4 is 43.1 Å². The first-order chi connectivity index (χ1) is 22.2. The number of benzene rings is 2. The quantitative estimate of drug-likeness (QED) is 0.234. The van der Waals surface area contributed by atoms with E-state index in [4.69, 9.17) is 10.5 Å². The third-order valence-electron chi connectivity index (χ3n) is 8.97. The van der Waals surface area contributed by atoms with Crippen LogP contribution in [0, 0.1) is 23.0 Å². The summed E-state index contributed by atoms with van der Waals surface area (Å²) in [5.74, 6) is -2.87. The van der Waals surface area contributed by atoms with E-state index in [2.05, 4.69) is 14.7 Å². The topological polar surface area (TPSA) is 101 Å². The molecular formula is C30H24F8N6O2S. The van der Waals surface area contributed by atoms with Gasteiger partial charge in [0.15, 0.2) is 5.82 Å². The summed E-state index contributed by atoms with van der Waals surface area (Å²) in [7, 11) is 0. The zero-order chi connectivity index (χ0) is 33.5. The molecule has 3 fully saturated rings. The molecule has 2 aromatic heterocycles. The molecule has 7 rings (SSSR count). The lowest BCUT2D eigenvalue weighted by atomic mass is 9.92. The third-order valence-corrected chi connectivity index (χ3v) is 10.0. The summed E-state index contributed by atoms with van der Waals surface area (Å²) in [6, 6.07) is 3.52. The number of nitrogen functional groups attached to an aromatic ring is 1. The van der Waals surface area contributed by atoms with Gasteiger partial charge in [-0.1, -0.05) is 6.07 Å². The Kier molecular flexibility index (Phi) is 7.41. The second-order valence-corrected chi connectivity index (χ2v) is 12.9. The Morgan fingerprint density at radius 3 is 2.70 bits per heavy atom. The van der Waals surface area contributed by atoms with Gasteiger partial charge >= 0.3 is 18.3 Å². The van der Waals surface area contributed by atoms with Crippen LogP contribution in [-0.2, 0) is 10.9 Å². The van der Waals surface area contributed by atoms with Gasteiger partial charge in [0.05, 0.1) is 28.0 Å². The molecule has 8 nitrogen and oxygen atoms in total. The van der Waals surface area contributed by atoms with E-state index in [0.29, 0.717) is 30.4 Å². The Morgan fingerprint density at radius 1 is 1.19 bits per heavy atom. The lowest BCUT2D eigenvalue weighted by Crippen LogP contribution is -2.47. The number of rotatable bonds is 5. The van der Waals surface area contributed by atoms with Gasteiger partial charge in [-0.3, -0.25) is 4.90 Å². The largest absolute Gasteiger partial charge is 0.461 e. The molecule has 248 valence electrons. The fraction of sp³-hybridized carbons (Fsp3) is 0.433. The molecule has 0 unspecified atom stereocenters. The molecule has 2 aromatic carbocycles. The van der Waals surface area contributed by atoms with Gasteiger partial charge in [0.25, 0.3) is 0 Å². The van der Waals surface area contributed by atoms with E-state index < -0.39 is 88.2 Å². The highest BCUT2D eigenvalue weighted by Gasteiger charge is 2.49. The molecule has 0 saturated carbocycles. The summed E-state index contributed by atoms with van der Waals surface area (Å²) >= 11 is 0.622. The van der Waals surface area contributed by atoms with E-state index >= 15 is 4.39 Å². The smallest absolute Gasteiger partial charge is 0.417 e. The Labute approximate surface area is 265 Å². The maximum Gasteiger partial charge on any atom is 0.417 e. The molecule has 47 heavy (non-hydrogen) atoms. The minimum absolute atomic E-state index is 0.134. The van der Waals surface area contributed by atoms with Crippen LogP contribution in [0.3, 0.4) is 0 Å². The zero-order valence-electron chi connectivity index (χ0n) is 24.2. The van der Waals surface area contributed by atoms with Crippen molar-refractivity contribution in [2.45, 2.75) is 43.3 Å². The highest BCUT2D eigenvalue weighted by Crippen LogP contribution is 2.48. The lowest BCUT2D eigenvalue weighted by molar-refractivity contribution is -0.240. The van der Waals surface area contributed by atoms with E-state index in [1.807, 2.05) is 4.90 Å². The summed E-state index contributed by atoms with van der Waals surface area (Å²) in [5.41, 5.74) is 1.07. The number of nitrogens with two attached hydrogens (primary N) is 1. The van der Waals surface area contributed by atoms with Gasteiger partial charge in [-0.05, 0) is 37.1 Å². The number of alkyl halides is 6. The predicted octanol–water partition coefficient (Wildman–Crippen LogP) is 6.65. The van der Waals surface area contributed by atoms with Crippen LogP contribution in [0.5, 0.6) is 6.01 Å². The first-order valence-corrected chi connectivity index (χ1v) is 15.3. The van der Waals surface area contributed by atoms with Crippen LogP contribution in [0.2, 0.25) is 0 Å². The summed E-state index contributed by atoms with van der Waals surface area (Å²) in [6.45, 7) is -1.17. The van der Waals surface area contributed by atoms with Crippen molar-refractivity contribution in [2.75, 3.05) is 50.0 Å². The highest BCUT2D eigenvalue weighted by molar-refractivity contribution is 7.23. The molecule has 3 aliphatic heterocycles. The Hall–Kier alpha value is -4.01. The number of nitriles is 1. The van der Waals surface area contributed by atoms with Crippen LogP contribution < -0.4 is 15.4 Å². The van der Waals surface area contributed by atoms with E-state index in [9.17, 15) is 36.0 Å². The molecule has 0 aliphatic carbocycles. The molecule has 0 amide bonds. The number of halogens is 8. The molecule has 2 N–H and O–H groups in total. The minimum atomic E-state index is -5.22. The van der Waals surface area contributed by atoms with Gasteiger partial charge in [0, 0.05) is 35.8 Å². The van der Waals surface area contributed by atoms with Crippen molar-refractivity contribution in [2.24, 2.45) is 0 Å². The van der Waals surface area contributed by atoms with E-state index in [1.165, 1.54) is 0 Å². The van der Waals surface area contributed by atoms with Gasteiger partial charge in [0.1, 0.15) is 47.5 Å². The number of morpholine rings is 1. The first kappa shape index (κ1) is 31.6. The van der Waals surface area contributed by atoms with E-state index in [1.54, 1.807) is 6.07 Å². The molecule has 0 bridgehead atoms. The number of ether oxygens (including phenoxy) is 2. The Morgan fingerprint density at radius 2 is 1.98 bits per heavy atom. The maximum absolute atomic E-state index is 16.8. The van der Waals surface area contributed by atoms with Crippen molar-refractivity contribution in [3.63, 3.8) is 0 Å². The van der Waals surface area contributed by atoms with Gasteiger partial charge in [0.2, 0.25) is 0 Å². The number of hydrogen-bond acceptors (Lipinski definition) is 9. The molecule has 0 radical (unpaired) electrons. The summed E-state index contributed by atoms with van der Waals surface area (Å²) in [5, 5.41) is 8.68. The summed E-state index contributed by atoms with van der Waals surface area (Å²) in [6.07, 6.45) is -8.52. The molecule has 5 heterocycles. The van der Waals surface area contributed by atoms with Crippen LogP contribution in [0.25, 0.3) is 32.1 Å². The van der Waals surface area contributed by atoms with Crippen molar-refractivity contribution in [3.05, 3.63) is 41.0 Å². The van der Waals surface area contributed by atoms with Gasteiger partial charge in [-0.15, -0.1) is 11.3 Å². The maximum atomic E-state index is 16.8. The van der Waals surface area contributed by atoms with Crippen molar-refractivity contribution in [1.29, 1.82) is 5.26 Å². The predicted molar refractivity (Wildman–Crippen MR) is 156 cm³/mol. The summed E-state index contributed by atoms with van der Waals surface area (Å²) in [4.78, 5) is 11.2. The van der Waals surface area contributed by atoms with Crippen LogP contribution in [0.4, 0.5) is 45.9 Å². The number of hydrogen-bond donors (Lipinski definition) is 1. The molecule has 4 aromatic rings. The second-order valence-electron chi connectivity index (χ2n) is 11.9.